The second-order valence-corrected chi connectivity index (χ2v) is 11.1. The van der Waals surface area contributed by atoms with E-state index in [1.54, 1.807) is 5.56 Å². The lowest BCUT2D eigenvalue weighted by Crippen LogP contribution is -2.92. The molecule has 4 aliphatic carbocycles. The van der Waals surface area contributed by atoms with Crippen molar-refractivity contribution in [3.63, 3.8) is 0 Å². The van der Waals surface area contributed by atoms with Crippen LogP contribution in [0.2, 0.25) is 0 Å². The summed E-state index contributed by atoms with van der Waals surface area (Å²) in [4.78, 5) is 2.64. The van der Waals surface area contributed by atoms with Crippen LogP contribution in [0, 0.1) is 28.6 Å². The highest BCUT2D eigenvalue weighted by molar-refractivity contribution is 5.51. The van der Waals surface area contributed by atoms with Crippen LogP contribution in [0.5, 0.6) is 0 Å². The first-order valence-corrected chi connectivity index (χ1v) is 12.1. The van der Waals surface area contributed by atoms with Crippen LogP contribution in [0.15, 0.2) is 30.3 Å². The van der Waals surface area contributed by atoms with Gasteiger partial charge in [-0.3, -0.25) is 0 Å². The average molecular weight is 380 g/mol. The van der Waals surface area contributed by atoms with Crippen molar-refractivity contribution >= 4 is 0 Å². The maximum absolute atomic E-state index is 6.17. The van der Waals surface area contributed by atoms with Gasteiger partial charge in [-0.1, -0.05) is 37.3 Å². The van der Waals surface area contributed by atoms with E-state index in [0.29, 0.717) is 16.2 Å². The number of hydrogen-bond donors (Lipinski definition) is 0. The van der Waals surface area contributed by atoms with E-state index in [1.165, 1.54) is 71.0 Å². The standard InChI is InChI=1S/C26H37NO/c1-20-8-12-27(13-9-20)11-5-14-28-15-10-24-17-22-16-23-18-25(19-24,26(22,23)24)21-6-3-2-4-7-21/h2-4,6-7,20,22-23H,5,8-19H2,1H3. The molecule has 1 aromatic rings. The molecule has 0 N–H and O–H groups in total. The van der Waals surface area contributed by atoms with Crippen LogP contribution in [-0.4, -0.2) is 37.7 Å². The summed E-state index contributed by atoms with van der Waals surface area (Å²) >= 11 is 0. The van der Waals surface area contributed by atoms with Crippen LogP contribution in [-0.2, 0) is 10.2 Å². The fourth-order valence-electron chi connectivity index (χ4n) is 9.07. The lowest BCUT2D eigenvalue weighted by atomic mass is 9.07. The zero-order valence-electron chi connectivity index (χ0n) is 17.7. The van der Waals surface area contributed by atoms with Crippen LogP contribution in [0.4, 0.5) is 0 Å². The van der Waals surface area contributed by atoms with Gasteiger partial charge < -0.3 is 9.64 Å². The van der Waals surface area contributed by atoms with E-state index in [2.05, 4.69) is 42.2 Å². The summed E-state index contributed by atoms with van der Waals surface area (Å²) in [6, 6.07) is 11.5. The summed E-state index contributed by atoms with van der Waals surface area (Å²) in [6.07, 6.45) is 11.3. The van der Waals surface area contributed by atoms with Gasteiger partial charge in [0.15, 0.2) is 0 Å². The fourth-order valence-corrected chi connectivity index (χ4v) is 9.07. The molecule has 1 aliphatic heterocycles. The van der Waals surface area contributed by atoms with Crippen LogP contribution >= 0.6 is 0 Å². The number of hydrogen-bond acceptors (Lipinski definition) is 2. The van der Waals surface area contributed by atoms with Gasteiger partial charge in [-0.25, -0.2) is 0 Å². The van der Waals surface area contributed by atoms with E-state index < -0.39 is 0 Å². The first-order valence-electron chi connectivity index (χ1n) is 12.1. The second-order valence-electron chi connectivity index (χ2n) is 11.1. The Kier molecular flexibility index (Phi) is 4.05. The summed E-state index contributed by atoms with van der Waals surface area (Å²) in [6.45, 7) is 8.21. The van der Waals surface area contributed by atoms with Gasteiger partial charge in [0.2, 0.25) is 0 Å². The minimum absolute atomic E-state index is 0.561. The van der Waals surface area contributed by atoms with Gasteiger partial charge in [-0.2, -0.15) is 0 Å². The highest BCUT2D eigenvalue weighted by Gasteiger charge is 2.93. The predicted molar refractivity (Wildman–Crippen MR) is 113 cm³/mol. The molecule has 28 heavy (non-hydrogen) atoms. The molecule has 2 heteroatoms. The topological polar surface area (TPSA) is 12.5 Å². The molecule has 1 heterocycles. The highest BCUT2D eigenvalue weighted by Crippen LogP contribution is 2.98. The van der Waals surface area contributed by atoms with E-state index in [9.17, 15) is 0 Å². The first kappa shape index (κ1) is 18.0. The van der Waals surface area contributed by atoms with Crippen LogP contribution < -0.4 is 0 Å². The minimum Gasteiger partial charge on any atom is -0.381 e. The van der Waals surface area contributed by atoms with Crippen molar-refractivity contribution in [1.82, 2.24) is 4.90 Å². The van der Waals surface area contributed by atoms with E-state index in [0.717, 1.165) is 31.0 Å². The van der Waals surface area contributed by atoms with Crippen molar-refractivity contribution in [2.24, 2.45) is 28.6 Å². The van der Waals surface area contributed by atoms with Crippen molar-refractivity contribution in [2.45, 2.75) is 63.7 Å². The lowest BCUT2D eigenvalue weighted by molar-refractivity contribution is -0.450. The Morgan fingerprint density at radius 3 is 2.57 bits per heavy atom. The number of ether oxygens (including phenoxy) is 1. The maximum atomic E-state index is 6.17. The minimum atomic E-state index is 0.561. The van der Waals surface area contributed by atoms with Crippen molar-refractivity contribution in [1.29, 1.82) is 0 Å². The summed E-state index contributed by atoms with van der Waals surface area (Å²) in [5, 5.41) is 0. The molecule has 0 radical (unpaired) electrons. The third-order valence-corrected chi connectivity index (χ3v) is 10.1. The Labute approximate surface area is 171 Å². The number of piperidine rings is 1. The zero-order valence-corrected chi connectivity index (χ0v) is 17.7. The Morgan fingerprint density at radius 1 is 1.04 bits per heavy atom. The van der Waals surface area contributed by atoms with Crippen LogP contribution in [0.1, 0.15) is 63.9 Å². The molecule has 1 saturated heterocycles. The number of nitrogens with zero attached hydrogens (tertiary/aromatic N) is 1. The van der Waals surface area contributed by atoms with Gasteiger partial charge in [-0.05, 0) is 98.6 Å². The molecule has 6 rings (SSSR count). The molecule has 5 atom stereocenters. The monoisotopic (exact) mass is 379 g/mol. The quantitative estimate of drug-likeness (QED) is 0.570. The fraction of sp³-hybridized carbons (Fsp3) is 0.769. The SMILES string of the molecule is CC1CCN(CCCOCCC23CC4CC5CC(c6ccccc6)(C2)C453)CC1. The molecule has 0 amide bonds. The lowest BCUT2D eigenvalue weighted by Gasteiger charge is -2.96. The third kappa shape index (κ3) is 2.12. The molecule has 0 aromatic heterocycles. The average Bonchev–Trinajstić information content (AvgIpc) is 2.66. The van der Waals surface area contributed by atoms with Crippen molar-refractivity contribution < 1.29 is 4.74 Å². The Morgan fingerprint density at radius 2 is 1.82 bits per heavy atom. The number of benzene rings is 1. The van der Waals surface area contributed by atoms with Gasteiger partial charge in [-0.15, -0.1) is 0 Å². The largest absolute Gasteiger partial charge is 0.381 e. The molecule has 4 saturated carbocycles. The van der Waals surface area contributed by atoms with E-state index in [-0.39, 0.29) is 0 Å². The highest BCUT2D eigenvalue weighted by atomic mass is 16.5. The number of rotatable bonds is 8. The van der Waals surface area contributed by atoms with Crippen LogP contribution in [0.25, 0.3) is 0 Å². The molecule has 152 valence electrons. The summed E-state index contributed by atoms with van der Waals surface area (Å²) < 4.78 is 6.17. The molecule has 5 aliphatic rings. The summed E-state index contributed by atoms with van der Waals surface area (Å²) in [5.74, 6) is 3.02. The maximum Gasteiger partial charge on any atom is 0.0478 e. The Bertz CT molecular complexity index is 719. The Hall–Kier alpha value is -0.860. The normalized spacial score (nSPS) is 43.8. The van der Waals surface area contributed by atoms with Gasteiger partial charge in [0.1, 0.15) is 0 Å². The molecule has 5 unspecified atom stereocenters. The Balaban J connectivity index is 0.993. The van der Waals surface area contributed by atoms with E-state index in [1.807, 2.05) is 0 Å². The first-order chi connectivity index (χ1) is 13.7. The molecule has 5 fully saturated rings. The summed E-state index contributed by atoms with van der Waals surface area (Å²) in [7, 11) is 0. The molecule has 1 aromatic carbocycles. The van der Waals surface area contributed by atoms with Gasteiger partial charge >= 0.3 is 0 Å². The predicted octanol–water partition coefficient (Wildman–Crippen LogP) is 5.27. The van der Waals surface area contributed by atoms with E-state index >= 15 is 0 Å². The zero-order chi connectivity index (χ0) is 18.8. The van der Waals surface area contributed by atoms with Crippen molar-refractivity contribution in [2.75, 3.05) is 32.8 Å². The molecular formula is C26H37NO. The van der Waals surface area contributed by atoms with Crippen LogP contribution in [0.3, 0.4) is 0 Å². The molecule has 0 bridgehead atoms. The smallest absolute Gasteiger partial charge is 0.0478 e. The van der Waals surface area contributed by atoms with Gasteiger partial charge in [0, 0.05) is 25.2 Å². The molecular weight excluding hydrogens is 342 g/mol. The van der Waals surface area contributed by atoms with Gasteiger partial charge in [0.25, 0.3) is 0 Å². The molecule has 1 spiro atoms. The van der Waals surface area contributed by atoms with E-state index in [4.69, 9.17) is 4.74 Å². The third-order valence-electron chi connectivity index (χ3n) is 10.1. The number of likely N-dealkylation sites (tertiary alicyclic amines) is 1. The summed E-state index contributed by atoms with van der Waals surface area (Å²) in [5.41, 5.74) is 3.57. The van der Waals surface area contributed by atoms with Crippen molar-refractivity contribution in [3.8, 4) is 0 Å². The van der Waals surface area contributed by atoms with Gasteiger partial charge in [0.05, 0.1) is 0 Å². The van der Waals surface area contributed by atoms with Crippen molar-refractivity contribution in [3.05, 3.63) is 35.9 Å². The molecule has 2 nitrogen and oxygen atoms in total. The second kappa shape index (κ2) is 6.32.